The van der Waals surface area contributed by atoms with Crippen molar-refractivity contribution in [2.45, 2.75) is 38.6 Å². The predicted octanol–water partition coefficient (Wildman–Crippen LogP) is 1.00. The number of ether oxygens (including phenoxy) is 2. The van der Waals surface area contributed by atoms with Crippen molar-refractivity contribution in [3.8, 4) is 0 Å². The van der Waals surface area contributed by atoms with Crippen LogP contribution in [0.1, 0.15) is 26.7 Å². The SMILES string of the molecule is CC1CCOC(C)(CC(=O)O)O1. The van der Waals surface area contributed by atoms with E-state index in [1.54, 1.807) is 6.92 Å². The minimum atomic E-state index is -0.927. The standard InChI is InChI=1S/C8H14O4/c1-6-3-4-11-8(2,12-6)5-7(9)10/h6H,3-5H2,1-2H3,(H,9,10). The molecule has 0 aromatic rings. The number of rotatable bonds is 2. The molecule has 0 bridgehead atoms. The van der Waals surface area contributed by atoms with Crippen molar-refractivity contribution in [1.82, 2.24) is 0 Å². The summed E-state index contributed by atoms with van der Waals surface area (Å²) in [5.41, 5.74) is 0. The first kappa shape index (κ1) is 9.48. The monoisotopic (exact) mass is 174 g/mol. The van der Waals surface area contributed by atoms with Crippen molar-refractivity contribution in [1.29, 1.82) is 0 Å². The molecule has 1 fully saturated rings. The van der Waals surface area contributed by atoms with E-state index in [4.69, 9.17) is 14.6 Å². The Labute approximate surface area is 71.5 Å². The van der Waals surface area contributed by atoms with E-state index in [0.29, 0.717) is 6.61 Å². The van der Waals surface area contributed by atoms with Gasteiger partial charge in [0, 0.05) is 0 Å². The van der Waals surface area contributed by atoms with Gasteiger partial charge in [0.15, 0.2) is 5.79 Å². The molecule has 0 amide bonds. The summed E-state index contributed by atoms with van der Waals surface area (Å²) in [4.78, 5) is 10.4. The van der Waals surface area contributed by atoms with E-state index in [2.05, 4.69) is 0 Å². The van der Waals surface area contributed by atoms with Crippen molar-refractivity contribution < 1.29 is 19.4 Å². The fourth-order valence-corrected chi connectivity index (χ4v) is 1.33. The molecule has 1 N–H and O–H groups in total. The van der Waals surface area contributed by atoms with E-state index in [-0.39, 0.29) is 12.5 Å². The Kier molecular flexibility index (Phi) is 2.69. The van der Waals surface area contributed by atoms with Crippen LogP contribution in [-0.4, -0.2) is 29.6 Å². The van der Waals surface area contributed by atoms with Crippen LogP contribution in [-0.2, 0) is 14.3 Å². The van der Waals surface area contributed by atoms with Crippen molar-refractivity contribution in [3.05, 3.63) is 0 Å². The summed E-state index contributed by atoms with van der Waals surface area (Å²) in [7, 11) is 0. The molecule has 12 heavy (non-hydrogen) atoms. The van der Waals surface area contributed by atoms with Crippen LogP contribution in [0.25, 0.3) is 0 Å². The summed E-state index contributed by atoms with van der Waals surface area (Å²) >= 11 is 0. The zero-order chi connectivity index (χ0) is 9.19. The number of carbonyl (C=O) groups is 1. The Morgan fingerprint density at radius 3 is 2.92 bits per heavy atom. The van der Waals surface area contributed by atoms with Gasteiger partial charge in [-0.25, -0.2) is 0 Å². The van der Waals surface area contributed by atoms with E-state index in [9.17, 15) is 4.79 Å². The first-order chi connectivity index (χ1) is 5.52. The predicted molar refractivity (Wildman–Crippen MR) is 41.8 cm³/mol. The van der Waals surface area contributed by atoms with Gasteiger partial charge < -0.3 is 14.6 Å². The maximum atomic E-state index is 10.4. The van der Waals surface area contributed by atoms with Gasteiger partial charge in [-0.1, -0.05) is 0 Å². The smallest absolute Gasteiger partial charge is 0.308 e. The van der Waals surface area contributed by atoms with E-state index in [1.165, 1.54) is 0 Å². The highest BCUT2D eigenvalue weighted by atomic mass is 16.7. The van der Waals surface area contributed by atoms with Gasteiger partial charge in [0.2, 0.25) is 0 Å². The summed E-state index contributed by atoms with van der Waals surface area (Å²) in [5, 5.41) is 8.56. The van der Waals surface area contributed by atoms with Gasteiger partial charge in [0.1, 0.15) is 0 Å². The quantitative estimate of drug-likeness (QED) is 0.678. The molecule has 0 aromatic carbocycles. The molecular weight excluding hydrogens is 160 g/mol. The topological polar surface area (TPSA) is 55.8 Å². The van der Waals surface area contributed by atoms with Crippen LogP contribution in [0.15, 0.2) is 0 Å². The second-order valence-electron chi connectivity index (χ2n) is 3.27. The van der Waals surface area contributed by atoms with Crippen LogP contribution in [0.2, 0.25) is 0 Å². The molecule has 1 aliphatic heterocycles. The fraction of sp³-hybridized carbons (Fsp3) is 0.875. The summed E-state index contributed by atoms with van der Waals surface area (Å²) in [5.74, 6) is -1.82. The van der Waals surface area contributed by atoms with Crippen molar-refractivity contribution in [2.24, 2.45) is 0 Å². The molecule has 0 saturated carbocycles. The molecule has 0 aliphatic carbocycles. The minimum Gasteiger partial charge on any atom is -0.481 e. The highest BCUT2D eigenvalue weighted by molar-refractivity contribution is 5.67. The highest BCUT2D eigenvalue weighted by Crippen LogP contribution is 2.25. The highest BCUT2D eigenvalue weighted by Gasteiger charge is 2.34. The van der Waals surface area contributed by atoms with Gasteiger partial charge in [-0.2, -0.15) is 0 Å². The second kappa shape index (κ2) is 3.41. The molecule has 4 heteroatoms. The van der Waals surface area contributed by atoms with Crippen LogP contribution >= 0.6 is 0 Å². The molecule has 0 spiro atoms. The van der Waals surface area contributed by atoms with Crippen molar-refractivity contribution in [3.63, 3.8) is 0 Å². The molecule has 2 atom stereocenters. The van der Waals surface area contributed by atoms with Crippen LogP contribution in [0.3, 0.4) is 0 Å². The van der Waals surface area contributed by atoms with Crippen molar-refractivity contribution in [2.75, 3.05) is 6.61 Å². The molecule has 1 saturated heterocycles. The Morgan fingerprint density at radius 2 is 2.42 bits per heavy atom. The van der Waals surface area contributed by atoms with E-state index in [0.717, 1.165) is 6.42 Å². The Morgan fingerprint density at radius 1 is 1.75 bits per heavy atom. The van der Waals surface area contributed by atoms with Crippen molar-refractivity contribution >= 4 is 5.97 Å². The number of hydrogen-bond acceptors (Lipinski definition) is 3. The third-order valence-corrected chi connectivity index (χ3v) is 1.85. The lowest BCUT2D eigenvalue weighted by Gasteiger charge is -2.36. The normalized spacial score (nSPS) is 36.3. The van der Waals surface area contributed by atoms with Gasteiger partial charge >= 0.3 is 5.97 Å². The Bertz CT molecular complexity index is 180. The molecule has 1 rings (SSSR count). The number of carboxylic acid groups (broad SMARTS) is 1. The number of carboxylic acids is 1. The van der Waals surface area contributed by atoms with E-state index >= 15 is 0 Å². The maximum absolute atomic E-state index is 10.4. The van der Waals surface area contributed by atoms with Crippen LogP contribution in [0.5, 0.6) is 0 Å². The molecule has 1 heterocycles. The molecule has 0 aromatic heterocycles. The number of aliphatic carboxylic acids is 1. The molecule has 1 aliphatic rings. The maximum Gasteiger partial charge on any atom is 0.308 e. The first-order valence-electron chi connectivity index (χ1n) is 4.05. The summed E-state index contributed by atoms with van der Waals surface area (Å²) in [6.45, 7) is 4.16. The first-order valence-corrected chi connectivity index (χ1v) is 4.05. The van der Waals surface area contributed by atoms with Gasteiger partial charge in [-0.3, -0.25) is 4.79 Å². The lowest BCUT2D eigenvalue weighted by Crippen LogP contribution is -2.42. The third-order valence-electron chi connectivity index (χ3n) is 1.85. The molecule has 0 radical (unpaired) electrons. The van der Waals surface area contributed by atoms with Crippen LogP contribution in [0.4, 0.5) is 0 Å². The Balaban J connectivity index is 2.51. The average molecular weight is 174 g/mol. The molecular formula is C8H14O4. The number of hydrogen-bond donors (Lipinski definition) is 1. The largest absolute Gasteiger partial charge is 0.481 e. The summed E-state index contributed by atoms with van der Waals surface area (Å²) < 4.78 is 10.6. The average Bonchev–Trinajstić information content (AvgIpc) is 1.82. The van der Waals surface area contributed by atoms with Crippen LogP contribution < -0.4 is 0 Å². The molecule has 2 unspecified atom stereocenters. The van der Waals surface area contributed by atoms with Gasteiger partial charge in [-0.15, -0.1) is 0 Å². The van der Waals surface area contributed by atoms with E-state index in [1.807, 2.05) is 6.92 Å². The van der Waals surface area contributed by atoms with E-state index < -0.39 is 11.8 Å². The minimum absolute atomic E-state index is 0.0862. The lowest BCUT2D eigenvalue weighted by atomic mass is 10.1. The lowest BCUT2D eigenvalue weighted by molar-refractivity contribution is -0.281. The zero-order valence-corrected chi connectivity index (χ0v) is 7.37. The Hall–Kier alpha value is -0.610. The van der Waals surface area contributed by atoms with Crippen LogP contribution in [0, 0.1) is 0 Å². The van der Waals surface area contributed by atoms with Gasteiger partial charge in [0.25, 0.3) is 0 Å². The summed E-state index contributed by atoms with van der Waals surface area (Å²) in [6, 6.07) is 0. The second-order valence-corrected chi connectivity index (χ2v) is 3.27. The van der Waals surface area contributed by atoms with Gasteiger partial charge in [-0.05, 0) is 20.3 Å². The van der Waals surface area contributed by atoms with Gasteiger partial charge in [0.05, 0.1) is 19.1 Å². The molecule has 70 valence electrons. The zero-order valence-electron chi connectivity index (χ0n) is 7.37. The summed E-state index contributed by atoms with van der Waals surface area (Å²) in [6.07, 6.45) is 0.815. The molecule has 4 nitrogen and oxygen atoms in total. The third kappa shape index (κ3) is 2.46. The fourth-order valence-electron chi connectivity index (χ4n) is 1.33.